The number of aliphatic hydroxyl groups excluding tert-OH is 1. The normalized spacial score (nSPS) is 16.9. The lowest BCUT2D eigenvalue weighted by molar-refractivity contribution is -0.140. The van der Waals surface area contributed by atoms with Gasteiger partial charge in [0.2, 0.25) is 0 Å². The molecule has 1 saturated heterocycles. The number of hydrogen-bond acceptors (Lipinski definition) is 6. The van der Waals surface area contributed by atoms with Gasteiger partial charge in [-0.1, -0.05) is 56.3 Å². The van der Waals surface area contributed by atoms with Crippen LogP contribution in [0, 0.1) is 0 Å². The molecule has 0 aliphatic carbocycles. The van der Waals surface area contributed by atoms with Crippen LogP contribution >= 0.6 is 0 Å². The number of phenolic OH excluding ortho intramolecular Hbond substituents is 1. The molecule has 192 valence electrons. The highest BCUT2D eigenvalue weighted by atomic mass is 16.5. The van der Waals surface area contributed by atoms with E-state index >= 15 is 0 Å². The smallest absolute Gasteiger partial charge is 0.295 e. The van der Waals surface area contributed by atoms with Gasteiger partial charge in [-0.2, -0.15) is 0 Å². The molecule has 0 saturated carbocycles. The molecule has 4 rings (SSSR count). The summed E-state index contributed by atoms with van der Waals surface area (Å²) in [4.78, 5) is 30.0. The molecule has 1 aliphatic heterocycles. The average Bonchev–Trinajstić information content (AvgIpc) is 3.18. The number of carbonyl (C=O) groups excluding carboxylic acids is 2. The second kappa shape index (κ2) is 11.8. The van der Waals surface area contributed by atoms with Crippen LogP contribution in [0.5, 0.6) is 11.5 Å². The number of phenols is 1. The number of ketones is 1. The number of ether oxygens (including phenoxy) is 1. The molecule has 1 aliphatic rings. The van der Waals surface area contributed by atoms with E-state index in [1.807, 2.05) is 44.2 Å². The van der Waals surface area contributed by atoms with Gasteiger partial charge in [0.25, 0.3) is 11.7 Å². The summed E-state index contributed by atoms with van der Waals surface area (Å²) in [7, 11) is 0. The van der Waals surface area contributed by atoms with Gasteiger partial charge < -0.3 is 24.7 Å². The number of nitrogens with zero attached hydrogens (tertiary/aromatic N) is 2. The maximum atomic E-state index is 13.2. The molecule has 3 aromatic carbocycles. The van der Waals surface area contributed by atoms with Crippen molar-refractivity contribution in [2.45, 2.75) is 26.5 Å². The van der Waals surface area contributed by atoms with Crippen molar-refractivity contribution in [1.82, 2.24) is 9.80 Å². The number of carbonyl (C=O) groups is 2. The third kappa shape index (κ3) is 5.84. The standard InChI is InChI=1S/C30H32N2O5/c1-3-31(4-2)18-19-32-27(22-10-14-24(33)15-11-22)26(29(35)30(32)36)28(34)23-12-16-25(17-13-23)37-20-21-8-6-5-7-9-21/h5-17,27,33-34H,3-4,18-20H2,1-2H3/b28-26+/t27-/m1/s1. The summed E-state index contributed by atoms with van der Waals surface area (Å²) in [5, 5.41) is 21.0. The Kier molecular flexibility index (Phi) is 8.25. The molecule has 0 unspecified atom stereocenters. The Hall–Kier alpha value is -4.10. The van der Waals surface area contributed by atoms with Crippen molar-refractivity contribution < 1.29 is 24.5 Å². The number of likely N-dealkylation sites (N-methyl/N-ethyl adjacent to an activating group) is 1. The Morgan fingerprint density at radius 3 is 2.19 bits per heavy atom. The number of benzene rings is 3. The quantitative estimate of drug-likeness (QED) is 0.238. The summed E-state index contributed by atoms with van der Waals surface area (Å²) < 4.78 is 5.83. The Balaban J connectivity index is 1.64. The zero-order chi connectivity index (χ0) is 26.4. The van der Waals surface area contributed by atoms with E-state index in [0.29, 0.717) is 36.6 Å². The molecule has 0 spiro atoms. The van der Waals surface area contributed by atoms with Crippen LogP contribution in [-0.2, 0) is 16.2 Å². The zero-order valence-electron chi connectivity index (χ0n) is 21.1. The molecule has 0 radical (unpaired) electrons. The van der Waals surface area contributed by atoms with Crippen molar-refractivity contribution in [3.05, 3.63) is 101 Å². The molecule has 37 heavy (non-hydrogen) atoms. The minimum atomic E-state index is -0.759. The third-order valence-electron chi connectivity index (χ3n) is 6.68. The molecule has 1 amide bonds. The number of Topliss-reactive ketones (excluding diaryl/α,β-unsaturated/α-hetero) is 1. The van der Waals surface area contributed by atoms with Gasteiger partial charge in [-0.25, -0.2) is 0 Å². The van der Waals surface area contributed by atoms with Crippen LogP contribution in [0.25, 0.3) is 5.76 Å². The first-order valence-electron chi connectivity index (χ1n) is 12.5. The highest BCUT2D eigenvalue weighted by molar-refractivity contribution is 6.46. The molecule has 7 heteroatoms. The maximum Gasteiger partial charge on any atom is 0.295 e. The van der Waals surface area contributed by atoms with Crippen LogP contribution in [0.1, 0.15) is 36.6 Å². The fraction of sp³-hybridized carbons (Fsp3) is 0.267. The molecule has 7 nitrogen and oxygen atoms in total. The van der Waals surface area contributed by atoms with E-state index in [-0.39, 0.29) is 17.1 Å². The van der Waals surface area contributed by atoms with Gasteiger partial charge in [0, 0.05) is 18.7 Å². The minimum absolute atomic E-state index is 0.0354. The van der Waals surface area contributed by atoms with Crippen LogP contribution in [0.2, 0.25) is 0 Å². The third-order valence-corrected chi connectivity index (χ3v) is 6.68. The topological polar surface area (TPSA) is 90.3 Å². The second-order valence-corrected chi connectivity index (χ2v) is 8.91. The molecule has 1 atom stereocenters. The lowest BCUT2D eigenvalue weighted by Crippen LogP contribution is -2.38. The highest BCUT2D eigenvalue weighted by Crippen LogP contribution is 2.39. The van der Waals surface area contributed by atoms with Crippen LogP contribution in [-0.4, -0.2) is 57.9 Å². The Bertz CT molecular complexity index is 1250. The summed E-state index contributed by atoms with van der Waals surface area (Å²) in [6, 6.07) is 22.2. The molecule has 3 aromatic rings. The second-order valence-electron chi connectivity index (χ2n) is 8.91. The van der Waals surface area contributed by atoms with Crippen molar-refractivity contribution >= 4 is 17.4 Å². The first kappa shape index (κ1) is 26.0. The van der Waals surface area contributed by atoms with E-state index in [2.05, 4.69) is 4.90 Å². The Morgan fingerprint density at radius 1 is 0.919 bits per heavy atom. The monoisotopic (exact) mass is 500 g/mol. The van der Waals surface area contributed by atoms with Gasteiger partial charge in [-0.05, 0) is 60.6 Å². The van der Waals surface area contributed by atoms with Crippen molar-refractivity contribution in [3.63, 3.8) is 0 Å². The number of aliphatic hydroxyl groups is 1. The zero-order valence-corrected chi connectivity index (χ0v) is 21.1. The van der Waals surface area contributed by atoms with Gasteiger partial charge in [0.15, 0.2) is 0 Å². The van der Waals surface area contributed by atoms with Gasteiger partial charge in [-0.3, -0.25) is 9.59 Å². The van der Waals surface area contributed by atoms with Crippen molar-refractivity contribution in [2.24, 2.45) is 0 Å². The Labute approximate surface area is 217 Å². The van der Waals surface area contributed by atoms with Gasteiger partial charge in [0.05, 0.1) is 11.6 Å². The van der Waals surface area contributed by atoms with Gasteiger partial charge in [-0.15, -0.1) is 0 Å². The largest absolute Gasteiger partial charge is 0.508 e. The number of aromatic hydroxyl groups is 1. The molecule has 0 aromatic heterocycles. The van der Waals surface area contributed by atoms with Crippen LogP contribution in [0.3, 0.4) is 0 Å². The number of hydrogen-bond donors (Lipinski definition) is 2. The molecule has 1 heterocycles. The summed E-state index contributed by atoms with van der Waals surface area (Å²) in [5.74, 6) is -0.907. The predicted molar refractivity (Wildman–Crippen MR) is 142 cm³/mol. The molecular weight excluding hydrogens is 468 g/mol. The lowest BCUT2D eigenvalue weighted by atomic mass is 9.95. The molecule has 1 fully saturated rings. The maximum absolute atomic E-state index is 13.2. The highest BCUT2D eigenvalue weighted by Gasteiger charge is 2.45. The van der Waals surface area contributed by atoms with Crippen molar-refractivity contribution in [3.8, 4) is 11.5 Å². The molecular formula is C30H32N2O5. The SMILES string of the molecule is CCN(CC)CCN1C(=O)C(=O)/C(=C(/O)c2ccc(OCc3ccccc3)cc2)[C@H]1c1ccc(O)cc1. The van der Waals surface area contributed by atoms with E-state index in [1.54, 1.807) is 36.4 Å². The fourth-order valence-corrected chi connectivity index (χ4v) is 4.51. The Morgan fingerprint density at radius 2 is 1.57 bits per heavy atom. The number of amides is 1. The summed E-state index contributed by atoms with van der Waals surface area (Å²) >= 11 is 0. The summed E-state index contributed by atoms with van der Waals surface area (Å²) in [5.41, 5.74) is 2.12. The minimum Gasteiger partial charge on any atom is -0.508 e. The van der Waals surface area contributed by atoms with Crippen molar-refractivity contribution in [2.75, 3.05) is 26.2 Å². The van der Waals surface area contributed by atoms with E-state index in [4.69, 9.17) is 4.74 Å². The van der Waals surface area contributed by atoms with E-state index in [1.165, 1.54) is 17.0 Å². The van der Waals surface area contributed by atoms with Crippen LogP contribution in [0.4, 0.5) is 0 Å². The van der Waals surface area contributed by atoms with Crippen LogP contribution < -0.4 is 4.74 Å². The van der Waals surface area contributed by atoms with Crippen LogP contribution in [0.15, 0.2) is 84.4 Å². The predicted octanol–water partition coefficient (Wildman–Crippen LogP) is 4.73. The van der Waals surface area contributed by atoms with E-state index < -0.39 is 17.7 Å². The first-order chi connectivity index (χ1) is 17.9. The molecule has 2 N–H and O–H groups in total. The fourth-order valence-electron chi connectivity index (χ4n) is 4.51. The van der Waals surface area contributed by atoms with Crippen molar-refractivity contribution in [1.29, 1.82) is 0 Å². The number of likely N-dealkylation sites (tertiary alicyclic amines) is 1. The summed E-state index contributed by atoms with van der Waals surface area (Å²) in [6.45, 7) is 7.07. The lowest BCUT2D eigenvalue weighted by Gasteiger charge is -2.28. The van der Waals surface area contributed by atoms with E-state index in [0.717, 1.165) is 18.7 Å². The first-order valence-corrected chi connectivity index (χ1v) is 12.5. The van der Waals surface area contributed by atoms with Gasteiger partial charge >= 0.3 is 0 Å². The van der Waals surface area contributed by atoms with E-state index in [9.17, 15) is 19.8 Å². The summed E-state index contributed by atoms with van der Waals surface area (Å²) in [6.07, 6.45) is 0. The number of rotatable bonds is 10. The molecule has 0 bridgehead atoms. The average molecular weight is 501 g/mol. The van der Waals surface area contributed by atoms with Gasteiger partial charge in [0.1, 0.15) is 23.9 Å².